The molecule has 0 aromatic heterocycles. The molecule has 2 aromatic carbocycles. The lowest BCUT2D eigenvalue weighted by molar-refractivity contribution is 0.619. The lowest BCUT2D eigenvalue weighted by Gasteiger charge is -2.12. The molecule has 0 bridgehead atoms. The number of benzene rings is 2. The van der Waals surface area contributed by atoms with E-state index in [4.69, 9.17) is 5.73 Å². The quantitative estimate of drug-likeness (QED) is 0.728. The largest absolute Gasteiger partial charge is 0.397 e. The van der Waals surface area contributed by atoms with E-state index in [9.17, 15) is 4.39 Å². The highest BCUT2D eigenvalue weighted by Crippen LogP contribution is 2.32. The molecule has 0 aliphatic carbocycles. The predicted molar refractivity (Wildman–Crippen MR) is 80.7 cm³/mol. The molecule has 0 fully saturated rings. The van der Waals surface area contributed by atoms with Crippen molar-refractivity contribution >= 4 is 48.9 Å². The summed E-state index contributed by atoms with van der Waals surface area (Å²) in [6.07, 6.45) is 0. The molecule has 2 rings (SSSR count). The molecule has 0 heterocycles. The molecule has 0 radical (unpaired) electrons. The summed E-state index contributed by atoms with van der Waals surface area (Å²) in [5.41, 5.74) is 8.28. The SMILES string of the molecule is Cc1cc(Nc2cc(Br)ccc2Br)c(N)cc1F. The van der Waals surface area contributed by atoms with Gasteiger partial charge in [-0.15, -0.1) is 0 Å². The Kier molecular flexibility index (Phi) is 3.92. The number of nitrogens with one attached hydrogen (secondary N) is 1. The first kappa shape index (κ1) is 13.4. The van der Waals surface area contributed by atoms with Crippen molar-refractivity contribution in [2.75, 3.05) is 11.1 Å². The predicted octanol–water partition coefficient (Wildman–Crippen LogP) is 4.98. The van der Waals surface area contributed by atoms with Crippen LogP contribution in [0.4, 0.5) is 21.5 Å². The Balaban J connectivity index is 2.40. The van der Waals surface area contributed by atoms with Crippen molar-refractivity contribution in [3.8, 4) is 0 Å². The van der Waals surface area contributed by atoms with Gasteiger partial charge in [0.15, 0.2) is 0 Å². The molecule has 0 amide bonds. The van der Waals surface area contributed by atoms with Gasteiger partial charge in [0.2, 0.25) is 0 Å². The van der Waals surface area contributed by atoms with E-state index < -0.39 is 0 Å². The fraction of sp³-hybridized carbons (Fsp3) is 0.0769. The summed E-state index contributed by atoms with van der Waals surface area (Å²) in [4.78, 5) is 0. The van der Waals surface area contributed by atoms with Crippen molar-refractivity contribution in [1.29, 1.82) is 0 Å². The van der Waals surface area contributed by atoms with Gasteiger partial charge in [-0.2, -0.15) is 0 Å². The maximum atomic E-state index is 13.3. The Labute approximate surface area is 122 Å². The number of halogens is 3. The molecule has 0 aliphatic rings. The minimum Gasteiger partial charge on any atom is -0.397 e. The van der Waals surface area contributed by atoms with E-state index in [0.717, 1.165) is 14.6 Å². The van der Waals surface area contributed by atoms with Crippen LogP contribution in [0.25, 0.3) is 0 Å². The molecule has 2 nitrogen and oxygen atoms in total. The van der Waals surface area contributed by atoms with E-state index in [0.29, 0.717) is 16.9 Å². The number of aryl methyl sites for hydroxylation is 1. The number of hydrogen-bond donors (Lipinski definition) is 2. The highest BCUT2D eigenvalue weighted by Gasteiger charge is 2.07. The molecule has 3 N–H and O–H groups in total. The summed E-state index contributed by atoms with van der Waals surface area (Å²) in [5.74, 6) is -0.300. The van der Waals surface area contributed by atoms with Gasteiger partial charge in [0.1, 0.15) is 5.82 Å². The molecule has 0 spiro atoms. The summed E-state index contributed by atoms with van der Waals surface area (Å²) in [6, 6.07) is 8.78. The number of anilines is 3. The van der Waals surface area contributed by atoms with E-state index in [1.54, 1.807) is 13.0 Å². The van der Waals surface area contributed by atoms with Crippen LogP contribution in [0.3, 0.4) is 0 Å². The standard InChI is InChI=1S/C13H11Br2FN2/c1-7-4-13(11(17)6-10(7)16)18-12-5-8(14)2-3-9(12)15/h2-6,18H,17H2,1H3. The summed E-state index contributed by atoms with van der Waals surface area (Å²) in [7, 11) is 0. The summed E-state index contributed by atoms with van der Waals surface area (Å²) in [5, 5.41) is 3.18. The van der Waals surface area contributed by atoms with E-state index in [1.165, 1.54) is 6.07 Å². The Bertz CT molecular complexity index is 600. The van der Waals surface area contributed by atoms with Crippen LogP contribution in [0.2, 0.25) is 0 Å². The molecule has 5 heteroatoms. The Morgan fingerprint density at radius 2 is 1.83 bits per heavy atom. The van der Waals surface area contributed by atoms with Gasteiger partial charge in [-0.25, -0.2) is 4.39 Å². The van der Waals surface area contributed by atoms with E-state index in [2.05, 4.69) is 37.2 Å². The zero-order chi connectivity index (χ0) is 13.3. The Morgan fingerprint density at radius 1 is 1.11 bits per heavy atom. The van der Waals surface area contributed by atoms with Gasteiger partial charge in [-0.3, -0.25) is 0 Å². The van der Waals surface area contributed by atoms with Crippen LogP contribution < -0.4 is 11.1 Å². The summed E-state index contributed by atoms with van der Waals surface area (Å²) >= 11 is 6.85. The normalized spacial score (nSPS) is 10.4. The van der Waals surface area contributed by atoms with Crippen LogP contribution in [0.15, 0.2) is 39.3 Å². The Morgan fingerprint density at radius 3 is 2.56 bits per heavy atom. The molecule has 0 aliphatic heterocycles. The van der Waals surface area contributed by atoms with Gasteiger partial charge in [0, 0.05) is 8.95 Å². The number of hydrogen-bond acceptors (Lipinski definition) is 2. The van der Waals surface area contributed by atoms with Crippen molar-refractivity contribution < 1.29 is 4.39 Å². The van der Waals surface area contributed by atoms with Crippen LogP contribution in [-0.4, -0.2) is 0 Å². The number of nitrogens with two attached hydrogens (primary N) is 1. The monoisotopic (exact) mass is 372 g/mol. The molecule has 2 aromatic rings. The van der Waals surface area contributed by atoms with Crippen molar-refractivity contribution in [3.63, 3.8) is 0 Å². The van der Waals surface area contributed by atoms with Crippen LogP contribution in [0.5, 0.6) is 0 Å². The van der Waals surface area contributed by atoms with Gasteiger partial charge in [0.05, 0.1) is 17.1 Å². The summed E-state index contributed by atoms with van der Waals surface area (Å²) < 4.78 is 15.2. The lowest BCUT2D eigenvalue weighted by atomic mass is 10.1. The second-order valence-corrected chi connectivity index (χ2v) is 5.71. The maximum Gasteiger partial charge on any atom is 0.128 e. The van der Waals surface area contributed by atoms with Crippen LogP contribution in [0, 0.1) is 12.7 Å². The summed E-state index contributed by atoms with van der Waals surface area (Å²) in [6.45, 7) is 1.70. The van der Waals surface area contributed by atoms with Gasteiger partial charge in [-0.1, -0.05) is 15.9 Å². The molecular formula is C13H11Br2FN2. The zero-order valence-electron chi connectivity index (χ0n) is 9.60. The maximum absolute atomic E-state index is 13.3. The average molecular weight is 374 g/mol. The first-order valence-electron chi connectivity index (χ1n) is 5.25. The van der Waals surface area contributed by atoms with Crippen LogP contribution in [0.1, 0.15) is 5.56 Å². The Hall–Kier alpha value is -1.07. The van der Waals surface area contributed by atoms with Gasteiger partial charge >= 0.3 is 0 Å². The molecule has 0 atom stereocenters. The molecule has 18 heavy (non-hydrogen) atoms. The minimum atomic E-state index is -0.300. The minimum absolute atomic E-state index is 0.300. The van der Waals surface area contributed by atoms with Gasteiger partial charge in [0.25, 0.3) is 0 Å². The van der Waals surface area contributed by atoms with Crippen molar-refractivity contribution in [2.24, 2.45) is 0 Å². The van der Waals surface area contributed by atoms with E-state index in [-0.39, 0.29) is 5.82 Å². The van der Waals surface area contributed by atoms with E-state index in [1.807, 2.05) is 18.2 Å². The van der Waals surface area contributed by atoms with Crippen molar-refractivity contribution in [3.05, 3.63) is 50.7 Å². The van der Waals surface area contributed by atoms with Gasteiger partial charge in [-0.05, 0) is 58.7 Å². The topological polar surface area (TPSA) is 38.0 Å². The van der Waals surface area contributed by atoms with Crippen LogP contribution in [-0.2, 0) is 0 Å². The second-order valence-electron chi connectivity index (χ2n) is 3.94. The van der Waals surface area contributed by atoms with Crippen molar-refractivity contribution in [2.45, 2.75) is 6.92 Å². The smallest absolute Gasteiger partial charge is 0.128 e. The molecule has 0 saturated carbocycles. The van der Waals surface area contributed by atoms with Crippen LogP contribution >= 0.6 is 31.9 Å². The van der Waals surface area contributed by atoms with Gasteiger partial charge < -0.3 is 11.1 Å². The highest BCUT2D eigenvalue weighted by atomic mass is 79.9. The molecule has 0 saturated heterocycles. The fourth-order valence-electron chi connectivity index (χ4n) is 1.54. The zero-order valence-corrected chi connectivity index (χ0v) is 12.8. The third-order valence-electron chi connectivity index (χ3n) is 2.53. The number of rotatable bonds is 2. The number of nitrogen functional groups attached to an aromatic ring is 1. The molecule has 0 unspecified atom stereocenters. The lowest BCUT2D eigenvalue weighted by Crippen LogP contribution is -1.99. The first-order chi connectivity index (χ1) is 8.47. The third kappa shape index (κ3) is 2.84. The molecule has 94 valence electrons. The highest BCUT2D eigenvalue weighted by molar-refractivity contribution is 9.11. The third-order valence-corrected chi connectivity index (χ3v) is 3.71. The first-order valence-corrected chi connectivity index (χ1v) is 6.83. The van der Waals surface area contributed by atoms with E-state index >= 15 is 0 Å². The average Bonchev–Trinajstić information content (AvgIpc) is 2.30. The molecular weight excluding hydrogens is 363 g/mol. The second kappa shape index (κ2) is 5.28. The van der Waals surface area contributed by atoms with Crippen molar-refractivity contribution in [1.82, 2.24) is 0 Å². The fourth-order valence-corrected chi connectivity index (χ4v) is 2.25.